The van der Waals surface area contributed by atoms with E-state index in [1.54, 1.807) is 36.1 Å². The molecule has 0 spiro atoms. The number of nitrogens with zero attached hydrogens (tertiary/aromatic N) is 1. The maximum absolute atomic E-state index is 12.6. The third-order valence-corrected chi connectivity index (χ3v) is 5.22. The standard InChI is InChI=1S/C21H23BrN2O3/c1-3-4-7-12-24-18-13-15(10-11-19(18)27-14(2)21(24)26)23-20(25)16-8-5-6-9-17(16)22/h5-6,8-11,13-14H,3-4,7,12H2,1-2H3,(H,23,25). The van der Waals surface area contributed by atoms with E-state index in [9.17, 15) is 9.59 Å². The molecule has 0 saturated carbocycles. The van der Waals surface area contributed by atoms with Gasteiger partial charge in [0, 0.05) is 16.7 Å². The lowest BCUT2D eigenvalue weighted by Gasteiger charge is -2.33. The normalized spacial score (nSPS) is 15.9. The van der Waals surface area contributed by atoms with E-state index >= 15 is 0 Å². The molecule has 0 radical (unpaired) electrons. The topological polar surface area (TPSA) is 58.6 Å². The first kappa shape index (κ1) is 19.4. The van der Waals surface area contributed by atoms with Crippen molar-refractivity contribution < 1.29 is 14.3 Å². The Morgan fingerprint density at radius 1 is 1.22 bits per heavy atom. The number of anilines is 2. The second-order valence-electron chi connectivity index (χ2n) is 6.57. The maximum atomic E-state index is 12.6. The van der Waals surface area contributed by atoms with Crippen molar-refractivity contribution in [3.63, 3.8) is 0 Å². The molecule has 0 aromatic heterocycles. The molecule has 142 valence electrons. The van der Waals surface area contributed by atoms with Crippen LogP contribution in [0.25, 0.3) is 0 Å². The molecule has 1 heterocycles. The molecule has 27 heavy (non-hydrogen) atoms. The minimum Gasteiger partial charge on any atom is -0.479 e. The molecule has 0 aliphatic carbocycles. The maximum Gasteiger partial charge on any atom is 0.267 e. The van der Waals surface area contributed by atoms with Crippen LogP contribution < -0.4 is 15.0 Å². The molecule has 0 fully saturated rings. The van der Waals surface area contributed by atoms with Crippen LogP contribution in [0, 0.1) is 0 Å². The number of nitrogens with one attached hydrogen (secondary N) is 1. The minimum atomic E-state index is -0.500. The van der Waals surface area contributed by atoms with Crippen LogP contribution >= 0.6 is 15.9 Å². The second-order valence-corrected chi connectivity index (χ2v) is 7.43. The summed E-state index contributed by atoms with van der Waals surface area (Å²) < 4.78 is 6.46. The van der Waals surface area contributed by atoms with E-state index in [-0.39, 0.29) is 11.8 Å². The molecule has 3 rings (SSSR count). The van der Waals surface area contributed by atoms with Gasteiger partial charge < -0.3 is 15.0 Å². The molecule has 0 bridgehead atoms. The highest BCUT2D eigenvalue weighted by Gasteiger charge is 2.31. The second kappa shape index (κ2) is 8.57. The van der Waals surface area contributed by atoms with E-state index in [4.69, 9.17) is 4.74 Å². The number of fused-ring (bicyclic) bond motifs is 1. The Bertz CT molecular complexity index is 853. The smallest absolute Gasteiger partial charge is 0.267 e. The molecule has 2 aromatic carbocycles. The number of hydrogen-bond donors (Lipinski definition) is 1. The average Bonchev–Trinajstić information content (AvgIpc) is 2.65. The van der Waals surface area contributed by atoms with Crippen molar-refractivity contribution in [1.82, 2.24) is 0 Å². The van der Waals surface area contributed by atoms with Crippen LogP contribution in [0.1, 0.15) is 43.5 Å². The molecule has 1 atom stereocenters. The molecule has 1 unspecified atom stereocenters. The Morgan fingerprint density at radius 3 is 2.74 bits per heavy atom. The fraction of sp³-hybridized carbons (Fsp3) is 0.333. The van der Waals surface area contributed by atoms with Gasteiger partial charge in [-0.05, 0) is 59.6 Å². The zero-order valence-corrected chi connectivity index (χ0v) is 17.1. The van der Waals surface area contributed by atoms with Gasteiger partial charge >= 0.3 is 0 Å². The number of ether oxygens (including phenoxy) is 1. The van der Waals surface area contributed by atoms with Crippen molar-refractivity contribution in [2.45, 2.75) is 39.2 Å². The fourth-order valence-electron chi connectivity index (χ4n) is 3.08. The summed E-state index contributed by atoms with van der Waals surface area (Å²) in [4.78, 5) is 26.9. The Kier molecular flexibility index (Phi) is 6.16. The van der Waals surface area contributed by atoms with Crippen LogP contribution in [0.5, 0.6) is 5.75 Å². The summed E-state index contributed by atoms with van der Waals surface area (Å²) in [6.07, 6.45) is 2.58. The molecule has 5 nitrogen and oxygen atoms in total. The molecule has 0 saturated heterocycles. The minimum absolute atomic E-state index is 0.0483. The molecule has 1 aliphatic rings. The highest BCUT2D eigenvalue weighted by atomic mass is 79.9. The van der Waals surface area contributed by atoms with Gasteiger partial charge in [-0.2, -0.15) is 0 Å². The van der Waals surface area contributed by atoms with Gasteiger partial charge in [0.2, 0.25) is 0 Å². The van der Waals surface area contributed by atoms with Crippen LogP contribution in [0.15, 0.2) is 46.9 Å². The van der Waals surface area contributed by atoms with E-state index in [0.717, 1.165) is 23.7 Å². The van der Waals surface area contributed by atoms with Gasteiger partial charge in [-0.1, -0.05) is 31.9 Å². The summed E-state index contributed by atoms with van der Waals surface area (Å²) >= 11 is 3.40. The van der Waals surface area contributed by atoms with Crippen LogP contribution in [-0.2, 0) is 4.79 Å². The van der Waals surface area contributed by atoms with E-state index in [1.165, 1.54) is 0 Å². The number of amides is 2. The Hall–Kier alpha value is -2.34. The number of hydrogen-bond acceptors (Lipinski definition) is 3. The van der Waals surface area contributed by atoms with Gasteiger partial charge in [0.1, 0.15) is 5.75 Å². The fourth-order valence-corrected chi connectivity index (χ4v) is 3.54. The average molecular weight is 431 g/mol. The molecular weight excluding hydrogens is 408 g/mol. The number of carbonyl (C=O) groups excluding carboxylic acids is 2. The lowest BCUT2D eigenvalue weighted by Crippen LogP contribution is -2.44. The summed E-state index contributed by atoms with van der Waals surface area (Å²) in [5.41, 5.74) is 1.89. The zero-order valence-electron chi connectivity index (χ0n) is 15.5. The Balaban J connectivity index is 1.84. The number of unbranched alkanes of at least 4 members (excludes halogenated alkanes) is 2. The van der Waals surface area contributed by atoms with E-state index in [2.05, 4.69) is 28.2 Å². The largest absolute Gasteiger partial charge is 0.479 e. The summed E-state index contributed by atoms with van der Waals surface area (Å²) in [5, 5.41) is 2.90. The number of carbonyl (C=O) groups is 2. The quantitative estimate of drug-likeness (QED) is 0.655. The van der Waals surface area contributed by atoms with Crippen molar-refractivity contribution in [3.8, 4) is 5.75 Å². The molecule has 6 heteroatoms. The van der Waals surface area contributed by atoms with Gasteiger partial charge in [-0.15, -0.1) is 0 Å². The van der Waals surface area contributed by atoms with Crippen molar-refractivity contribution in [3.05, 3.63) is 52.5 Å². The molecular formula is C21H23BrN2O3. The summed E-state index contributed by atoms with van der Waals surface area (Å²) in [6, 6.07) is 12.7. The van der Waals surface area contributed by atoms with Crippen LogP contribution in [0.4, 0.5) is 11.4 Å². The third-order valence-electron chi connectivity index (χ3n) is 4.53. The van der Waals surface area contributed by atoms with Crippen molar-refractivity contribution in [2.75, 3.05) is 16.8 Å². The van der Waals surface area contributed by atoms with E-state index < -0.39 is 6.10 Å². The van der Waals surface area contributed by atoms with Crippen molar-refractivity contribution in [2.24, 2.45) is 0 Å². The third kappa shape index (κ3) is 4.33. The number of rotatable bonds is 6. The lowest BCUT2D eigenvalue weighted by molar-refractivity contribution is -0.125. The summed E-state index contributed by atoms with van der Waals surface area (Å²) in [7, 11) is 0. The van der Waals surface area contributed by atoms with Crippen molar-refractivity contribution in [1.29, 1.82) is 0 Å². The highest BCUT2D eigenvalue weighted by Crippen LogP contribution is 2.36. The predicted molar refractivity (Wildman–Crippen MR) is 111 cm³/mol. The first-order chi connectivity index (χ1) is 13.0. The van der Waals surface area contributed by atoms with E-state index in [1.807, 2.05) is 18.2 Å². The van der Waals surface area contributed by atoms with Crippen LogP contribution in [-0.4, -0.2) is 24.5 Å². The van der Waals surface area contributed by atoms with Crippen LogP contribution in [0.2, 0.25) is 0 Å². The van der Waals surface area contributed by atoms with Gasteiger partial charge in [-0.25, -0.2) is 0 Å². The van der Waals surface area contributed by atoms with Gasteiger partial charge in [-0.3, -0.25) is 9.59 Å². The van der Waals surface area contributed by atoms with Crippen LogP contribution in [0.3, 0.4) is 0 Å². The van der Waals surface area contributed by atoms with E-state index in [0.29, 0.717) is 29.2 Å². The lowest BCUT2D eigenvalue weighted by atomic mass is 10.1. The van der Waals surface area contributed by atoms with Gasteiger partial charge in [0.25, 0.3) is 11.8 Å². The molecule has 1 aliphatic heterocycles. The monoisotopic (exact) mass is 430 g/mol. The SMILES string of the molecule is CCCCCN1C(=O)C(C)Oc2ccc(NC(=O)c3ccccc3Br)cc21. The van der Waals surface area contributed by atoms with Gasteiger partial charge in [0.15, 0.2) is 6.10 Å². The molecule has 2 amide bonds. The summed E-state index contributed by atoms with van der Waals surface area (Å²) in [5.74, 6) is 0.404. The highest BCUT2D eigenvalue weighted by molar-refractivity contribution is 9.10. The first-order valence-electron chi connectivity index (χ1n) is 9.19. The number of benzene rings is 2. The zero-order chi connectivity index (χ0) is 19.4. The summed E-state index contributed by atoms with van der Waals surface area (Å²) in [6.45, 7) is 4.54. The molecule has 1 N–H and O–H groups in total. The van der Waals surface area contributed by atoms with Crippen molar-refractivity contribution >= 4 is 39.1 Å². The molecule has 2 aromatic rings. The predicted octanol–water partition coefficient (Wildman–Crippen LogP) is 5.01. The Morgan fingerprint density at radius 2 is 2.00 bits per heavy atom. The first-order valence-corrected chi connectivity index (χ1v) is 9.98. The number of halogens is 1. The van der Waals surface area contributed by atoms with Gasteiger partial charge in [0.05, 0.1) is 11.3 Å². The Labute approximate surface area is 167 Å².